The maximum atomic E-state index is 11.5. The quantitative estimate of drug-likeness (QED) is 0.557. The lowest BCUT2D eigenvalue weighted by atomic mass is 10.1. The van der Waals surface area contributed by atoms with E-state index in [1.165, 1.54) is 0 Å². The van der Waals surface area contributed by atoms with Crippen molar-refractivity contribution in [3.05, 3.63) is 42.2 Å². The maximum Gasteiger partial charge on any atom is 0.263 e. The zero-order valence-corrected chi connectivity index (χ0v) is 18.2. The fourth-order valence-electron chi connectivity index (χ4n) is 3.84. The van der Waals surface area contributed by atoms with Gasteiger partial charge in [-0.3, -0.25) is 4.79 Å². The topological polar surface area (TPSA) is 117 Å². The highest BCUT2D eigenvalue weighted by molar-refractivity contribution is 5.94. The van der Waals surface area contributed by atoms with Crippen LogP contribution in [0.1, 0.15) is 18.5 Å². The summed E-state index contributed by atoms with van der Waals surface area (Å²) in [6.07, 6.45) is 3.43. The molecule has 0 bridgehead atoms. The number of ether oxygens (including phenoxy) is 4. The molecule has 2 aromatic heterocycles. The molecule has 0 aliphatic carbocycles. The summed E-state index contributed by atoms with van der Waals surface area (Å²) >= 11 is 0. The van der Waals surface area contributed by atoms with Gasteiger partial charge in [0.1, 0.15) is 17.9 Å². The van der Waals surface area contributed by atoms with E-state index < -0.39 is 0 Å². The van der Waals surface area contributed by atoms with Gasteiger partial charge in [-0.1, -0.05) is 6.07 Å². The SMILES string of the molecule is COc1cnc2cccc(OC[C@@H]3CC[C@@H](NCc4ccc5c(n4)NC(=O)CO5)CO3)c2n1. The number of amides is 1. The Morgan fingerprint density at radius 1 is 1.21 bits per heavy atom. The number of nitrogens with zero attached hydrogens (tertiary/aromatic N) is 3. The maximum absolute atomic E-state index is 11.5. The molecule has 1 saturated heterocycles. The minimum absolute atomic E-state index is 0.00565. The molecule has 10 nitrogen and oxygen atoms in total. The second-order valence-corrected chi connectivity index (χ2v) is 7.94. The number of hydrogen-bond donors (Lipinski definition) is 2. The Labute approximate surface area is 190 Å². The van der Waals surface area contributed by atoms with Gasteiger partial charge in [0.25, 0.3) is 5.91 Å². The number of anilines is 1. The highest BCUT2D eigenvalue weighted by Gasteiger charge is 2.23. The van der Waals surface area contributed by atoms with Crippen LogP contribution in [-0.2, 0) is 16.1 Å². The van der Waals surface area contributed by atoms with E-state index >= 15 is 0 Å². The van der Waals surface area contributed by atoms with Crippen LogP contribution in [0.4, 0.5) is 5.82 Å². The van der Waals surface area contributed by atoms with Gasteiger partial charge in [-0.2, -0.15) is 0 Å². The van der Waals surface area contributed by atoms with Crippen LogP contribution in [0.2, 0.25) is 0 Å². The van der Waals surface area contributed by atoms with Crippen molar-refractivity contribution < 1.29 is 23.7 Å². The van der Waals surface area contributed by atoms with Crippen molar-refractivity contribution in [1.29, 1.82) is 0 Å². The average molecular weight is 451 g/mol. The van der Waals surface area contributed by atoms with Crippen LogP contribution in [0.25, 0.3) is 11.0 Å². The van der Waals surface area contributed by atoms with Crippen molar-refractivity contribution in [2.24, 2.45) is 0 Å². The van der Waals surface area contributed by atoms with Crippen molar-refractivity contribution in [3.63, 3.8) is 0 Å². The molecule has 10 heteroatoms. The van der Waals surface area contributed by atoms with Crippen molar-refractivity contribution in [2.45, 2.75) is 31.5 Å². The first-order chi connectivity index (χ1) is 16.2. The highest BCUT2D eigenvalue weighted by Crippen LogP contribution is 2.26. The molecule has 0 spiro atoms. The van der Waals surface area contributed by atoms with E-state index in [1.54, 1.807) is 13.3 Å². The summed E-state index contributed by atoms with van der Waals surface area (Å²) in [6.45, 7) is 1.63. The normalized spacial score (nSPS) is 20.0. The van der Waals surface area contributed by atoms with Gasteiger partial charge in [-0.05, 0) is 37.1 Å². The Morgan fingerprint density at radius 2 is 2.15 bits per heavy atom. The standard InChI is InChI=1S/C23H25N5O5/c1-30-21-10-25-17-3-2-4-18(22(17)28-21)32-12-16-7-5-15(11-31-16)24-9-14-6-8-19-23(26-14)27-20(29)13-33-19/h2-4,6,8,10,15-16,24H,5,7,9,11-13H2,1H3,(H,26,27,29)/t15-,16+/m1/s1. The average Bonchev–Trinajstić information content (AvgIpc) is 2.86. The summed E-state index contributed by atoms with van der Waals surface area (Å²) in [7, 11) is 1.56. The Balaban J connectivity index is 1.11. The summed E-state index contributed by atoms with van der Waals surface area (Å²) < 4.78 is 22.6. The van der Waals surface area contributed by atoms with Gasteiger partial charge >= 0.3 is 0 Å². The number of aromatic nitrogens is 3. The summed E-state index contributed by atoms with van der Waals surface area (Å²) in [5.74, 6) is 1.99. The third-order valence-electron chi connectivity index (χ3n) is 5.62. The fourth-order valence-corrected chi connectivity index (χ4v) is 3.84. The highest BCUT2D eigenvalue weighted by atomic mass is 16.5. The largest absolute Gasteiger partial charge is 0.489 e. The van der Waals surface area contributed by atoms with Crippen LogP contribution in [-0.4, -0.2) is 59.9 Å². The fraction of sp³-hybridized carbons (Fsp3) is 0.391. The molecule has 4 heterocycles. The Kier molecular flexibility index (Phi) is 6.18. The Bertz CT molecular complexity index is 1150. The van der Waals surface area contributed by atoms with Crippen molar-refractivity contribution in [1.82, 2.24) is 20.3 Å². The summed E-state index contributed by atoms with van der Waals surface area (Å²) in [5.41, 5.74) is 2.26. The lowest BCUT2D eigenvalue weighted by molar-refractivity contribution is -0.118. The van der Waals surface area contributed by atoms with Crippen LogP contribution < -0.4 is 24.8 Å². The van der Waals surface area contributed by atoms with E-state index in [0.717, 1.165) is 24.1 Å². The minimum atomic E-state index is -0.191. The molecule has 0 unspecified atom stereocenters. The Hall–Kier alpha value is -3.50. The molecule has 5 rings (SSSR count). The summed E-state index contributed by atoms with van der Waals surface area (Å²) in [4.78, 5) is 24.7. The molecule has 2 atom stereocenters. The molecular weight excluding hydrogens is 426 g/mol. The third kappa shape index (κ3) is 4.96. The number of hydrogen-bond acceptors (Lipinski definition) is 9. The van der Waals surface area contributed by atoms with E-state index in [1.807, 2.05) is 30.3 Å². The van der Waals surface area contributed by atoms with E-state index in [2.05, 4.69) is 25.6 Å². The van der Waals surface area contributed by atoms with Crippen LogP contribution in [0.5, 0.6) is 17.4 Å². The Morgan fingerprint density at radius 3 is 3.00 bits per heavy atom. The van der Waals surface area contributed by atoms with Crippen LogP contribution in [0.3, 0.4) is 0 Å². The molecule has 0 radical (unpaired) electrons. The molecule has 1 aromatic carbocycles. The molecule has 2 aliphatic rings. The lowest BCUT2D eigenvalue weighted by Crippen LogP contribution is -2.41. The van der Waals surface area contributed by atoms with E-state index in [4.69, 9.17) is 18.9 Å². The van der Waals surface area contributed by atoms with Gasteiger partial charge in [0.05, 0.1) is 37.2 Å². The molecular formula is C23H25N5O5. The summed E-state index contributed by atoms with van der Waals surface area (Å²) in [5, 5.41) is 6.21. The zero-order valence-electron chi connectivity index (χ0n) is 18.2. The van der Waals surface area contributed by atoms with E-state index in [-0.39, 0.29) is 24.7 Å². The number of fused-ring (bicyclic) bond motifs is 2. The first-order valence-electron chi connectivity index (χ1n) is 10.9. The second-order valence-electron chi connectivity index (χ2n) is 7.94. The number of benzene rings is 1. The van der Waals surface area contributed by atoms with Crippen molar-refractivity contribution in [3.8, 4) is 17.4 Å². The molecule has 2 N–H and O–H groups in total. The first kappa shape index (κ1) is 21.4. The van der Waals surface area contributed by atoms with Gasteiger partial charge < -0.3 is 29.6 Å². The van der Waals surface area contributed by atoms with Gasteiger partial charge in [-0.25, -0.2) is 15.0 Å². The molecule has 1 fully saturated rings. The van der Waals surface area contributed by atoms with E-state index in [0.29, 0.717) is 48.5 Å². The van der Waals surface area contributed by atoms with Crippen molar-refractivity contribution in [2.75, 3.05) is 32.2 Å². The van der Waals surface area contributed by atoms with Gasteiger partial charge in [0.15, 0.2) is 18.2 Å². The predicted octanol–water partition coefficient (Wildman–Crippen LogP) is 2.08. The van der Waals surface area contributed by atoms with Gasteiger partial charge in [0, 0.05) is 12.6 Å². The number of carbonyl (C=O) groups excluding carboxylic acids is 1. The number of para-hydroxylation sites is 1. The second kappa shape index (κ2) is 9.55. The number of methoxy groups -OCH3 is 1. The minimum Gasteiger partial charge on any atom is -0.489 e. The number of pyridine rings is 1. The molecule has 3 aromatic rings. The molecule has 33 heavy (non-hydrogen) atoms. The summed E-state index contributed by atoms with van der Waals surface area (Å²) in [6, 6.07) is 9.61. The lowest BCUT2D eigenvalue weighted by Gasteiger charge is -2.29. The van der Waals surface area contributed by atoms with Crippen LogP contribution in [0.15, 0.2) is 36.5 Å². The zero-order chi connectivity index (χ0) is 22.6. The smallest absolute Gasteiger partial charge is 0.263 e. The molecule has 172 valence electrons. The molecule has 1 amide bonds. The molecule has 2 aliphatic heterocycles. The van der Waals surface area contributed by atoms with Crippen molar-refractivity contribution >= 4 is 22.8 Å². The van der Waals surface area contributed by atoms with Gasteiger partial charge in [0.2, 0.25) is 5.88 Å². The van der Waals surface area contributed by atoms with Crippen LogP contribution >= 0.6 is 0 Å². The predicted molar refractivity (Wildman–Crippen MR) is 120 cm³/mol. The third-order valence-corrected chi connectivity index (χ3v) is 5.62. The van der Waals surface area contributed by atoms with E-state index in [9.17, 15) is 4.79 Å². The first-order valence-corrected chi connectivity index (χ1v) is 10.9. The van der Waals surface area contributed by atoms with Crippen LogP contribution in [0, 0.1) is 0 Å². The molecule has 0 saturated carbocycles. The number of carbonyl (C=O) groups is 1. The number of rotatable bonds is 7. The monoisotopic (exact) mass is 451 g/mol. The number of nitrogens with one attached hydrogen (secondary N) is 2. The van der Waals surface area contributed by atoms with Gasteiger partial charge in [-0.15, -0.1) is 0 Å².